The minimum atomic E-state index is -0.688. The summed E-state index contributed by atoms with van der Waals surface area (Å²) in [4.78, 5) is 33.0. The van der Waals surface area contributed by atoms with E-state index >= 15 is 0 Å². The highest BCUT2D eigenvalue weighted by molar-refractivity contribution is 6.01. The molecule has 216 valence electrons. The van der Waals surface area contributed by atoms with E-state index in [9.17, 15) is 14.9 Å². The molecule has 0 spiro atoms. The van der Waals surface area contributed by atoms with Gasteiger partial charge in [0.15, 0.2) is 5.65 Å². The van der Waals surface area contributed by atoms with Crippen molar-refractivity contribution in [1.82, 2.24) is 19.5 Å². The summed E-state index contributed by atoms with van der Waals surface area (Å²) in [5, 5.41) is 13.3. The fourth-order valence-electron chi connectivity index (χ4n) is 4.82. The molecule has 0 saturated heterocycles. The van der Waals surface area contributed by atoms with Gasteiger partial charge in [0, 0.05) is 19.5 Å². The Balaban J connectivity index is 2.14. The van der Waals surface area contributed by atoms with Crippen molar-refractivity contribution in [3.8, 4) is 17.7 Å². The number of nitrogens with one attached hydrogen (secondary N) is 1. The summed E-state index contributed by atoms with van der Waals surface area (Å²) in [7, 11) is 0. The van der Waals surface area contributed by atoms with Crippen LogP contribution < -0.4 is 9.47 Å². The predicted octanol–water partition coefficient (Wildman–Crippen LogP) is 6.93. The minimum Gasteiger partial charge on any atom is -0.422 e. The molecule has 0 radical (unpaired) electrons. The smallest absolute Gasteiger partial charge is 0.416 e. The zero-order valence-corrected chi connectivity index (χ0v) is 24.9. The van der Waals surface area contributed by atoms with Gasteiger partial charge in [-0.3, -0.25) is 5.10 Å². The van der Waals surface area contributed by atoms with Gasteiger partial charge < -0.3 is 14.4 Å². The molecule has 0 bridgehead atoms. The van der Waals surface area contributed by atoms with Crippen LogP contribution >= 0.6 is 0 Å². The van der Waals surface area contributed by atoms with Gasteiger partial charge in [-0.1, -0.05) is 57.7 Å². The Morgan fingerprint density at radius 3 is 2.05 bits per heavy atom. The molecule has 9 nitrogen and oxygen atoms in total. The Labute approximate surface area is 237 Å². The molecule has 0 fully saturated rings. The van der Waals surface area contributed by atoms with Gasteiger partial charge in [-0.15, -0.1) is 0 Å². The number of fused-ring (bicyclic) bond motifs is 1. The first-order chi connectivity index (χ1) is 19.3. The number of aryl methyl sites for hydroxylation is 4. The Morgan fingerprint density at radius 2 is 1.52 bits per heavy atom. The third-order valence-corrected chi connectivity index (χ3v) is 7.05. The van der Waals surface area contributed by atoms with Gasteiger partial charge in [-0.05, 0) is 64.0 Å². The van der Waals surface area contributed by atoms with Crippen LogP contribution in [0.15, 0.2) is 12.1 Å². The van der Waals surface area contributed by atoms with Gasteiger partial charge in [0.25, 0.3) is 0 Å². The number of hydrogen-bond donors (Lipinski definition) is 1. The number of amides is 1. The van der Waals surface area contributed by atoms with E-state index in [1.165, 1.54) is 9.42 Å². The number of unbranched alkanes of at least 4 members (excludes halogenated alkanes) is 3. The Kier molecular flexibility index (Phi) is 11.2. The van der Waals surface area contributed by atoms with E-state index in [2.05, 4.69) is 56.0 Å². The molecule has 3 aromatic rings. The Bertz CT molecular complexity index is 1330. The van der Waals surface area contributed by atoms with Crippen molar-refractivity contribution in [2.45, 2.75) is 99.3 Å². The number of H-pyrrole nitrogens is 1. The summed E-state index contributed by atoms with van der Waals surface area (Å²) in [6, 6.07) is 6.22. The Morgan fingerprint density at radius 1 is 0.950 bits per heavy atom. The van der Waals surface area contributed by atoms with Crippen LogP contribution in [0.1, 0.15) is 112 Å². The van der Waals surface area contributed by atoms with Crippen molar-refractivity contribution < 1.29 is 19.1 Å². The van der Waals surface area contributed by atoms with Crippen molar-refractivity contribution >= 4 is 17.7 Å². The molecule has 0 atom stereocenters. The summed E-state index contributed by atoms with van der Waals surface area (Å²) in [5.41, 5.74) is 3.21. The van der Waals surface area contributed by atoms with Crippen LogP contribution in [0.2, 0.25) is 0 Å². The third-order valence-electron chi connectivity index (χ3n) is 7.05. The number of ether oxygens (including phenoxy) is 2. The Hall–Kier alpha value is -3.80. The van der Waals surface area contributed by atoms with Gasteiger partial charge in [0.1, 0.15) is 28.8 Å². The molecule has 40 heavy (non-hydrogen) atoms. The van der Waals surface area contributed by atoms with E-state index in [4.69, 9.17) is 9.47 Å². The first-order valence-electron chi connectivity index (χ1n) is 14.7. The number of nitrogens with zero attached hydrogens (tertiary/aromatic N) is 4. The standard InChI is InChI=1S/C31H43N5O4/c1-7-12-15-22-18-21(6)19-23(16-13-8-2)27(22)39-30(37)26-24(20-32)29(40-31(38)35(10-4)11-5)36-28(26)33-25(34-36)17-14-9-3/h18-19H,7-17H2,1-6H3,(H,33,34). The number of carbonyl (C=O) groups is 2. The fourth-order valence-corrected chi connectivity index (χ4v) is 4.82. The predicted molar refractivity (Wildman–Crippen MR) is 155 cm³/mol. The molecule has 3 rings (SSSR count). The molecule has 1 amide bonds. The summed E-state index contributed by atoms with van der Waals surface area (Å²) in [5.74, 6) is 0.451. The van der Waals surface area contributed by atoms with Crippen LogP contribution in [0.25, 0.3) is 5.65 Å². The maximum absolute atomic E-state index is 13.9. The number of aromatic nitrogens is 3. The van der Waals surface area contributed by atoms with Crippen LogP contribution in [-0.4, -0.2) is 44.7 Å². The maximum Gasteiger partial charge on any atom is 0.416 e. The van der Waals surface area contributed by atoms with E-state index in [1.54, 1.807) is 0 Å². The number of nitriles is 1. The van der Waals surface area contributed by atoms with Crippen molar-refractivity contribution in [3.05, 3.63) is 45.8 Å². The number of esters is 1. The first-order valence-corrected chi connectivity index (χ1v) is 14.7. The molecule has 1 N–H and O–H groups in total. The topological polar surface area (TPSA) is 113 Å². The lowest BCUT2D eigenvalue weighted by Crippen LogP contribution is -2.33. The van der Waals surface area contributed by atoms with E-state index in [0.29, 0.717) is 31.1 Å². The van der Waals surface area contributed by atoms with Gasteiger partial charge >= 0.3 is 12.1 Å². The van der Waals surface area contributed by atoms with Crippen molar-refractivity contribution in [2.75, 3.05) is 13.1 Å². The van der Waals surface area contributed by atoms with Crippen molar-refractivity contribution in [3.63, 3.8) is 0 Å². The van der Waals surface area contributed by atoms with Crippen LogP contribution in [-0.2, 0) is 19.3 Å². The average molecular weight is 550 g/mol. The fraction of sp³-hybridized carbons (Fsp3) is 0.548. The minimum absolute atomic E-state index is 0.00713. The molecule has 2 heterocycles. The number of carbonyl (C=O) groups excluding carboxylic acids is 2. The van der Waals surface area contributed by atoms with Crippen LogP contribution in [0.3, 0.4) is 0 Å². The van der Waals surface area contributed by atoms with Crippen LogP contribution in [0.5, 0.6) is 11.6 Å². The largest absolute Gasteiger partial charge is 0.422 e. The molecule has 0 aliphatic carbocycles. The van der Waals surface area contributed by atoms with E-state index in [-0.39, 0.29) is 22.7 Å². The summed E-state index contributed by atoms with van der Waals surface area (Å²) < 4.78 is 13.3. The number of rotatable bonds is 14. The maximum atomic E-state index is 13.9. The highest BCUT2D eigenvalue weighted by Gasteiger charge is 2.32. The summed E-state index contributed by atoms with van der Waals surface area (Å²) in [6.45, 7) is 13.0. The van der Waals surface area contributed by atoms with Gasteiger partial charge in [-0.2, -0.15) is 5.26 Å². The van der Waals surface area contributed by atoms with Crippen LogP contribution in [0, 0.1) is 18.3 Å². The number of benzene rings is 1. The lowest BCUT2D eigenvalue weighted by Gasteiger charge is -2.17. The molecular formula is C31H43N5O4. The summed E-state index contributed by atoms with van der Waals surface area (Å²) in [6.07, 6.45) is 7.43. The third kappa shape index (κ3) is 6.85. The molecule has 2 aromatic heterocycles. The normalized spacial score (nSPS) is 11.0. The molecule has 9 heteroatoms. The molecule has 0 aliphatic rings. The lowest BCUT2D eigenvalue weighted by atomic mass is 9.97. The zero-order chi connectivity index (χ0) is 29.2. The zero-order valence-electron chi connectivity index (χ0n) is 24.9. The van der Waals surface area contributed by atoms with Gasteiger partial charge in [-0.25, -0.2) is 19.1 Å². The second-order valence-corrected chi connectivity index (χ2v) is 10.1. The first kappa shape index (κ1) is 30.7. The number of aromatic amines is 1. The molecule has 1 aromatic carbocycles. The van der Waals surface area contributed by atoms with Gasteiger partial charge in [0.05, 0.1) is 0 Å². The number of hydrogen-bond acceptors (Lipinski definition) is 6. The van der Waals surface area contributed by atoms with Crippen molar-refractivity contribution in [2.24, 2.45) is 0 Å². The molecule has 0 aliphatic heterocycles. The van der Waals surface area contributed by atoms with Crippen LogP contribution in [0.4, 0.5) is 4.79 Å². The lowest BCUT2D eigenvalue weighted by molar-refractivity contribution is 0.0732. The molecular weight excluding hydrogens is 506 g/mol. The van der Waals surface area contributed by atoms with Gasteiger partial charge in [0.2, 0.25) is 5.88 Å². The molecule has 0 unspecified atom stereocenters. The summed E-state index contributed by atoms with van der Waals surface area (Å²) >= 11 is 0. The van der Waals surface area contributed by atoms with E-state index in [1.807, 2.05) is 13.8 Å². The molecule has 0 saturated carbocycles. The average Bonchev–Trinajstić information content (AvgIpc) is 3.47. The second kappa shape index (κ2) is 14.5. The highest BCUT2D eigenvalue weighted by Crippen LogP contribution is 2.34. The van der Waals surface area contributed by atoms with Crippen molar-refractivity contribution in [1.29, 1.82) is 5.26 Å². The second-order valence-electron chi connectivity index (χ2n) is 10.1. The monoisotopic (exact) mass is 549 g/mol. The SMILES string of the molecule is CCCCc1nc2c(C(=O)Oc3c(CCCC)cc(C)cc3CCCC)c(C#N)c(OC(=O)N(CC)CC)n2[nH]1. The highest BCUT2D eigenvalue weighted by atomic mass is 16.6. The van der Waals surface area contributed by atoms with E-state index < -0.39 is 12.1 Å². The van der Waals surface area contributed by atoms with E-state index in [0.717, 1.165) is 68.1 Å². The quantitative estimate of drug-likeness (QED) is 0.172.